The molecule has 1 atom stereocenters. The fraction of sp³-hybridized carbons (Fsp3) is 0.200. The lowest BCUT2D eigenvalue weighted by Crippen LogP contribution is -2.35. The van der Waals surface area contributed by atoms with E-state index in [1.165, 1.54) is 0 Å². The Bertz CT molecular complexity index is 1190. The van der Waals surface area contributed by atoms with Crippen molar-refractivity contribution in [2.24, 2.45) is 0 Å². The number of rotatable bonds is 6. The van der Waals surface area contributed by atoms with Gasteiger partial charge in [0.2, 0.25) is 0 Å². The lowest BCUT2D eigenvalue weighted by atomic mass is 9.98. The predicted molar refractivity (Wildman–Crippen MR) is 124 cm³/mol. The molecule has 0 radical (unpaired) electrons. The second-order valence-corrected chi connectivity index (χ2v) is 11.4. The summed E-state index contributed by atoms with van der Waals surface area (Å²) in [5.74, 6) is -1.34. The molecule has 0 spiro atoms. The zero-order chi connectivity index (χ0) is 22.9. The first kappa shape index (κ1) is 21.8. The van der Waals surface area contributed by atoms with E-state index in [1.54, 1.807) is 37.6 Å². The maximum atomic E-state index is 12.5. The van der Waals surface area contributed by atoms with Crippen LogP contribution in [0.25, 0.3) is 11.1 Å². The highest BCUT2D eigenvalue weighted by atomic mass is 31.2. The molecule has 0 heterocycles. The number of amides is 1. The van der Waals surface area contributed by atoms with E-state index in [9.17, 15) is 19.3 Å². The Morgan fingerprint density at radius 1 is 0.969 bits per heavy atom. The Kier molecular flexibility index (Phi) is 5.90. The Labute approximate surface area is 186 Å². The van der Waals surface area contributed by atoms with Gasteiger partial charge in [-0.05, 0) is 47.2 Å². The number of fused-ring (bicyclic) bond motifs is 3. The van der Waals surface area contributed by atoms with Gasteiger partial charge in [-0.2, -0.15) is 0 Å². The molecule has 1 aliphatic rings. The van der Waals surface area contributed by atoms with Gasteiger partial charge in [-0.1, -0.05) is 66.7 Å². The Morgan fingerprint density at radius 2 is 1.56 bits per heavy atom. The van der Waals surface area contributed by atoms with Crippen molar-refractivity contribution >= 4 is 24.5 Å². The van der Waals surface area contributed by atoms with Crippen LogP contribution in [0, 0.1) is 0 Å². The number of nitrogens with one attached hydrogen (secondary N) is 1. The molecule has 0 aromatic heterocycles. The number of benzene rings is 3. The Hall–Kier alpha value is -3.37. The molecule has 6 nitrogen and oxygen atoms in total. The summed E-state index contributed by atoms with van der Waals surface area (Å²) in [6.07, 6.45) is -0.819. The van der Waals surface area contributed by atoms with Crippen molar-refractivity contribution in [3.63, 3.8) is 0 Å². The molecule has 1 aliphatic carbocycles. The third-order valence-corrected chi connectivity index (χ3v) is 7.20. The molecule has 0 bridgehead atoms. The van der Waals surface area contributed by atoms with Crippen LogP contribution in [-0.4, -0.2) is 37.1 Å². The van der Waals surface area contributed by atoms with Crippen molar-refractivity contribution in [1.82, 2.24) is 5.32 Å². The minimum atomic E-state index is -2.58. The zero-order valence-corrected chi connectivity index (χ0v) is 18.7. The van der Waals surface area contributed by atoms with Crippen molar-refractivity contribution < 1.29 is 24.0 Å². The average molecular weight is 449 g/mol. The van der Waals surface area contributed by atoms with Crippen LogP contribution in [0.1, 0.15) is 28.7 Å². The monoisotopic (exact) mass is 449 g/mol. The van der Waals surface area contributed by atoms with Crippen molar-refractivity contribution in [3.05, 3.63) is 89.5 Å². The molecule has 0 aliphatic heterocycles. The van der Waals surface area contributed by atoms with Crippen LogP contribution in [0.15, 0.2) is 72.8 Å². The molecular formula is C25H24NO5P. The number of alkyl carbamates (subject to hydrolysis) is 1. The fourth-order valence-corrected chi connectivity index (χ4v) is 4.99. The minimum absolute atomic E-state index is 0.0887. The van der Waals surface area contributed by atoms with Gasteiger partial charge in [0.15, 0.2) is 6.04 Å². The number of hydrogen-bond acceptors (Lipinski definition) is 4. The van der Waals surface area contributed by atoms with E-state index in [1.807, 2.05) is 48.5 Å². The summed E-state index contributed by atoms with van der Waals surface area (Å²) >= 11 is 0. The number of hydrogen-bond donors (Lipinski definition) is 2. The number of carbonyl (C=O) groups is 2. The van der Waals surface area contributed by atoms with Crippen molar-refractivity contribution in [1.29, 1.82) is 0 Å². The molecule has 164 valence electrons. The van der Waals surface area contributed by atoms with Crippen LogP contribution in [0.3, 0.4) is 0 Å². The maximum Gasteiger partial charge on any atom is 0.408 e. The van der Waals surface area contributed by atoms with Crippen LogP contribution in [0.4, 0.5) is 4.79 Å². The third kappa shape index (κ3) is 4.32. The van der Waals surface area contributed by atoms with Crippen LogP contribution in [-0.2, 0) is 14.1 Å². The van der Waals surface area contributed by atoms with E-state index in [2.05, 4.69) is 5.32 Å². The molecule has 4 rings (SSSR count). The second-order valence-electron chi connectivity index (χ2n) is 8.19. The van der Waals surface area contributed by atoms with Gasteiger partial charge >= 0.3 is 12.1 Å². The van der Waals surface area contributed by atoms with Crippen LogP contribution in [0.2, 0.25) is 0 Å². The minimum Gasteiger partial charge on any atom is -0.479 e. The molecule has 32 heavy (non-hydrogen) atoms. The van der Waals surface area contributed by atoms with E-state index in [-0.39, 0.29) is 12.5 Å². The Morgan fingerprint density at radius 3 is 2.12 bits per heavy atom. The summed E-state index contributed by atoms with van der Waals surface area (Å²) < 4.78 is 17.8. The zero-order valence-electron chi connectivity index (χ0n) is 17.8. The SMILES string of the molecule is CP(C)(=O)c1cccc(C(NC(=O)OCC2c3ccccc3-c3ccccc32)C(=O)O)c1. The van der Waals surface area contributed by atoms with Crippen LogP contribution in [0.5, 0.6) is 0 Å². The largest absolute Gasteiger partial charge is 0.479 e. The predicted octanol–water partition coefficient (Wildman–Crippen LogP) is 4.60. The van der Waals surface area contributed by atoms with Gasteiger partial charge in [-0.15, -0.1) is 0 Å². The summed E-state index contributed by atoms with van der Waals surface area (Å²) in [7, 11) is -2.58. The van der Waals surface area contributed by atoms with Crippen molar-refractivity contribution in [2.45, 2.75) is 12.0 Å². The lowest BCUT2D eigenvalue weighted by Gasteiger charge is -2.18. The highest BCUT2D eigenvalue weighted by Gasteiger charge is 2.30. The molecule has 0 saturated heterocycles. The number of aliphatic carboxylic acids is 1. The van der Waals surface area contributed by atoms with E-state index < -0.39 is 25.2 Å². The Balaban J connectivity index is 1.50. The second kappa shape index (κ2) is 8.64. The third-order valence-electron chi connectivity index (χ3n) is 5.68. The first-order valence-corrected chi connectivity index (χ1v) is 12.9. The topological polar surface area (TPSA) is 92.7 Å². The molecule has 7 heteroatoms. The van der Waals surface area contributed by atoms with E-state index in [0.717, 1.165) is 22.3 Å². The molecular weight excluding hydrogens is 425 g/mol. The number of carbonyl (C=O) groups excluding carboxylic acids is 1. The van der Waals surface area contributed by atoms with Gasteiger partial charge in [0.25, 0.3) is 0 Å². The summed E-state index contributed by atoms with van der Waals surface area (Å²) in [6.45, 7) is 3.31. The smallest absolute Gasteiger partial charge is 0.408 e. The quantitative estimate of drug-likeness (QED) is 0.537. The average Bonchev–Trinajstić information content (AvgIpc) is 3.09. The van der Waals surface area contributed by atoms with Gasteiger partial charge in [0.05, 0.1) is 0 Å². The maximum absolute atomic E-state index is 12.5. The van der Waals surface area contributed by atoms with Gasteiger partial charge < -0.3 is 19.7 Å². The van der Waals surface area contributed by atoms with E-state index in [0.29, 0.717) is 10.9 Å². The van der Waals surface area contributed by atoms with Gasteiger partial charge in [-0.25, -0.2) is 9.59 Å². The van der Waals surface area contributed by atoms with Crippen LogP contribution < -0.4 is 10.6 Å². The normalized spacial score (nSPS) is 13.7. The fourth-order valence-electron chi connectivity index (χ4n) is 4.08. The van der Waals surface area contributed by atoms with Crippen molar-refractivity contribution in [3.8, 4) is 11.1 Å². The van der Waals surface area contributed by atoms with Gasteiger partial charge in [0, 0.05) is 11.2 Å². The molecule has 0 saturated carbocycles. The molecule has 1 amide bonds. The van der Waals surface area contributed by atoms with E-state index in [4.69, 9.17) is 4.74 Å². The lowest BCUT2D eigenvalue weighted by molar-refractivity contribution is -0.139. The first-order valence-electron chi connectivity index (χ1n) is 10.3. The molecule has 2 N–H and O–H groups in total. The van der Waals surface area contributed by atoms with Gasteiger partial charge in [-0.3, -0.25) is 0 Å². The highest BCUT2D eigenvalue weighted by Crippen LogP contribution is 2.44. The molecule has 3 aromatic carbocycles. The summed E-state index contributed by atoms with van der Waals surface area (Å²) in [4.78, 5) is 24.4. The van der Waals surface area contributed by atoms with Crippen molar-refractivity contribution in [2.75, 3.05) is 19.9 Å². The number of carboxylic acids is 1. The van der Waals surface area contributed by atoms with Crippen LogP contribution >= 0.6 is 7.14 Å². The molecule has 3 aromatic rings. The summed E-state index contributed by atoms with van der Waals surface area (Å²) in [6, 6.07) is 21.1. The molecule has 0 fully saturated rings. The molecule has 1 unspecified atom stereocenters. The number of ether oxygens (including phenoxy) is 1. The summed E-state index contributed by atoms with van der Waals surface area (Å²) in [5.41, 5.74) is 4.71. The number of carboxylic acid groups (broad SMARTS) is 1. The standard InChI is InChI=1S/C25H24NO5P/c1-32(2,30)17-9-7-8-16(14-17)23(24(27)28)26-25(29)31-15-22-20-12-5-3-10-18(20)19-11-4-6-13-21(19)22/h3-14,22-23H,15H2,1-2H3,(H,26,29)(H,27,28). The summed E-state index contributed by atoms with van der Waals surface area (Å²) in [5, 5.41) is 12.7. The van der Waals surface area contributed by atoms with Gasteiger partial charge in [0.1, 0.15) is 13.7 Å². The first-order chi connectivity index (χ1) is 15.3. The van der Waals surface area contributed by atoms with E-state index >= 15 is 0 Å². The highest BCUT2D eigenvalue weighted by molar-refractivity contribution is 7.70.